The fourth-order valence-corrected chi connectivity index (χ4v) is 1.46. The SMILES string of the molecule is C#CCc1ccc(COc2ccccn2)cc1. The second-order valence-corrected chi connectivity index (χ2v) is 3.65. The van der Waals surface area contributed by atoms with Gasteiger partial charge in [0.05, 0.1) is 0 Å². The van der Waals surface area contributed by atoms with Crippen molar-refractivity contribution in [1.29, 1.82) is 0 Å². The van der Waals surface area contributed by atoms with Crippen molar-refractivity contribution in [3.8, 4) is 18.2 Å². The van der Waals surface area contributed by atoms with E-state index in [1.807, 2.05) is 42.5 Å². The number of pyridine rings is 1. The van der Waals surface area contributed by atoms with Crippen LogP contribution in [0.15, 0.2) is 48.7 Å². The Hall–Kier alpha value is -2.27. The first-order valence-electron chi connectivity index (χ1n) is 5.43. The van der Waals surface area contributed by atoms with E-state index in [9.17, 15) is 0 Å². The molecule has 0 radical (unpaired) electrons. The number of nitrogens with zero attached hydrogens (tertiary/aromatic N) is 1. The van der Waals surface area contributed by atoms with Gasteiger partial charge in [0.15, 0.2) is 0 Å². The maximum absolute atomic E-state index is 5.54. The Kier molecular flexibility index (Phi) is 3.77. The molecule has 0 fully saturated rings. The maximum atomic E-state index is 5.54. The highest BCUT2D eigenvalue weighted by Gasteiger charge is 1.96. The molecule has 0 saturated carbocycles. The minimum Gasteiger partial charge on any atom is -0.473 e. The molecule has 0 spiro atoms. The lowest BCUT2D eigenvalue weighted by molar-refractivity contribution is 0.294. The number of ether oxygens (including phenoxy) is 1. The molecule has 2 rings (SSSR count). The van der Waals surface area contributed by atoms with E-state index >= 15 is 0 Å². The summed E-state index contributed by atoms with van der Waals surface area (Å²) in [5, 5.41) is 0. The molecule has 0 amide bonds. The molecule has 0 aliphatic rings. The van der Waals surface area contributed by atoms with E-state index < -0.39 is 0 Å². The molecule has 0 atom stereocenters. The van der Waals surface area contributed by atoms with Crippen LogP contribution in [-0.4, -0.2) is 4.98 Å². The van der Waals surface area contributed by atoms with Gasteiger partial charge < -0.3 is 4.74 Å². The molecule has 0 bridgehead atoms. The second-order valence-electron chi connectivity index (χ2n) is 3.65. The largest absolute Gasteiger partial charge is 0.473 e. The Balaban J connectivity index is 1.94. The summed E-state index contributed by atoms with van der Waals surface area (Å²) in [4.78, 5) is 4.09. The van der Waals surface area contributed by atoms with Gasteiger partial charge >= 0.3 is 0 Å². The number of hydrogen-bond acceptors (Lipinski definition) is 2. The van der Waals surface area contributed by atoms with Crippen molar-refractivity contribution in [2.24, 2.45) is 0 Å². The van der Waals surface area contributed by atoms with Crippen molar-refractivity contribution in [3.05, 3.63) is 59.8 Å². The van der Waals surface area contributed by atoms with E-state index in [4.69, 9.17) is 11.2 Å². The first kappa shape index (κ1) is 11.2. The van der Waals surface area contributed by atoms with Gasteiger partial charge in [-0.2, -0.15) is 0 Å². The van der Waals surface area contributed by atoms with Crippen molar-refractivity contribution in [1.82, 2.24) is 4.98 Å². The summed E-state index contributed by atoms with van der Waals surface area (Å²) in [5.74, 6) is 3.26. The zero-order chi connectivity index (χ0) is 11.9. The molecule has 17 heavy (non-hydrogen) atoms. The summed E-state index contributed by atoms with van der Waals surface area (Å²) in [6.07, 6.45) is 7.63. The third kappa shape index (κ3) is 3.35. The minimum absolute atomic E-state index is 0.521. The highest BCUT2D eigenvalue weighted by atomic mass is 16.5. The lowest BCUT2D eigenvalue weighted by Crippen LogP contribution is -1.96. The van der Waals surface area contributed by atoms with Crippen LogP contribution in [0.25, 0.3) is 0 Å². The standard InChI is InChI=1S/C15H13NO/c1-2-5-13-7-9-14(10-8-13)12-17-15-6-3-4-11-16-15/h1,3-4,6-11H,5,12H2. The molecule has 1 aromatic carbocycles. The topological polar surface area (TPSA) is 22.1 Å². The molecule has 1 aromatic heterocycles. The molecule has 1 heterocycles. The van der Waals surface area contributed by atoms with E-state index in [0.717, 1.165) is 11.1 Å². The number of hydrogen-bond donors (Lipinski definition) is 0. The maximum Gasteiger partial charge on any atom is 0.213 e. The molecule has 84 valence electrons. The summed E-state index contributed by atoms with van der Waals surface area (Å²) in [5.41, 5.74) is 2.26. The van der Waals surface area contributed by atoms with Crippen molar-refractivity contribution >= 4 is 0 Å². The van der Waals surface area contributed by atoms with Gasteiger partial charge in [0.2, 0.25) is 5.88 Å². The molecule has 0 aliphatic carbocycles. The van der Waals surface area contributed by atoms with Crippen LogP contribution in [0.2, 0.25) is 0 Å². The van der Waals surface area contributed by atoms with Gasteiger partial charge in [-0.1, -0.05) is 30.3 Å². The van der Waals surface area contributed by atoms with Gasteiger partial charge in [-0.25, -0.2) is 4.98 Å². The van der Waals surface area contributed by atoms with E-state index in [2.05, 4.69) is 10.9 Å². The van der Waals surface area contributed by atoms with Crippen molar-refractivity contribution in [2.45, 2.75) is 13.0 Å². The van der Waals surface area contributed by atoms with Gasteiger partial charge in [0, 0.05) is 18.7 Å². The minimum atomic E-state index is 0.521. The third-order valence-corrected chi connectivity index (χ3v) is 2.35. The van der Waals surface area contributed by atoms with Gasteiger partial charge in [-0.05, 0) is 17.2 Å². The summed E-state index contributed by atoms with van der Waals surface area (Å²) >= 11 is 0. The van der Waals surface area contributed by atoms with Gasteiger partial charge in [0.25, 0.3) is 0 Å². The zero-order valence-electron chi connectivity index (χ0n) is 9.47. The van der Waals surface area contributed by atoms with E-state index in [0.29, 0.717) is 18.9 Å². The smallest absolute Gasteiger partial charge is 0.213 e. The Morgan fingerprint density at radius 1 is 1.06 bits per heavy atom. The van der Waals surface area contributed by atoms with Crippen LogP contribution in [0.1, 0.15) is 11.1 Å². The summed E-state index contributed by atoms with van der Waals surface area (Å²) < 4.78 is 5.54. The molecular weight excluding hydrogens is 210 g/mol. The lowest BCUT2D eigenvalue weighted by Gasteiger charge is -2.05. The molecule has 2 heteroatoms. The Bertz CT molecular complexity index is 497. The predicted octanol–water partition coefficient (Wildman–Crippen LogP) is 2.84. The van der Waals surface area contributed by atoms with Crippen LogP contribution in [-0.2, 0) is 13.0 Å². The van der Waals surface area contributed by atoms with Gasteiger partial charge in [0.1, 0.15) is 6.61 Å². The molecule has 0 N–H and O–H groups in total. The van der Waals surface area contributed by atoms with Crippen LogP contribution in [0.3, 0.4) is 0 Å². The average Bonchev–Trinajstić information content (AvgIpc) is 2.40. The Labute approximate surface area is 101 Å². The van der Waals surface area contributed by atoms with Crippen LogP contribution >= 0.6 is 0 Å². The van der Waals surface area contributed by atoms with E-state index in [1.165, 1.54) is 0 Å². The fourth-order valence-electron chi connectivity index (χ4n) is 1.46. The lowest BCUT2D eigenvalue weighted by atomic mass is 10.1. The normalized spacial score (nSPS) is 9.59. The van der Waals surface area contributed by atoms with Gasteiger partial charge in [-0.3, -0.25) is 0 Å². The number of terminal acetylenes is 1. The third-order valence-electron chi connectivity index (χ3n) is 2.35. The monoisotopic (exact) mass is 223 g/mol. The van der Waals surface area contributed by atoms with Crippen LogP contribution in [0, 0.1) is 12.3 Å². The predicted molar refractivity (Wildman–Crippen MR) is 67.5 cm³/mol. The molecule has 0 unspecified atom stereocenters. The second kappa shape index (κ2) is 5.72. The van der Waals surface area contributed by atoms with Crippen molar-refractivity contribution in [2.75, 3.05) is 0 Å². The molecule has 2 nitrogen and oxygen atoms in total. The van der Waals surface area contributed by atoms with E-state index in [-0.39, 0.29) is 0 Å². The number of aromatic nitrogens is 1. The van der Waals surface area contributed by atoms with Gasteiger partial charge in [-0.15, -0.1) is 12.3 Å². The van der Waals surface area contributed by atoms with Crippen molar-refractivity contribution in [3.63, 3.8) is 0 Å². The molecule has 2 aromatic rings. The summed E-state index contributed by atoms with van der Waals surface area (Å²) in [7, 11) is 0. The zero-order valence-corrected chi connectivity index (χ0v) is 9.47. The van der Waals surface area contributed by atoms with E-state index in [1.54, 1.807) is 6.20 Å². The molecule has 0 aliphatic heterocycles. The van der Waals surface area contributed by atoms with Crippen molar-refractivity contribution < 1.29 is 4.74 Å². The molecule has 0 saturated heterocycles. The Morgan fingerprint density at radius 3 is 2.47 bits per heavy atom. The Morgan fingerprint density at radius 2 is 1.82 bits per heavy atom. The molecular formula is C15H13NO. The average molecular weight is 223 g/mol. The van der Waals surface area contributed by atoms with Crippen LogP contribution < -0.4 is 4.74 Å². The highest BCUT2D eigenvalue weighted by Crippen LogP contribution is 2.09. The quantitative estimate of drug-likeness (QED) is 0.743. The van der Waals surface area contributed by atoms with Crippen LogP contribution in [0.5, 0.6) is 5.88 Å². The first-order valence-corrected chi connectivity index (χ1v) is 5.43. The first-order chi connectivity index (χ1) is 8.38. The van der Waals surface area contributed by atoms with Crippen LogP contribution in [0.4, 0.5) is 0 Å². The number of benzene rings is 1. The highest BCUT2D eigenvalue weighted by molar-refractivity contribution is 5.25. The summed E-state index contributed by atoms with van der Waals surface area (Å²) in [6, 6.07) is 13.7. The summed E-state index contributed by atoms with van der Waals surface area (Å²) in [6.45, 7) is 0.521. The fraction of sp³-hybridized carbons (Fsp3) is 0.133. The number of rotatable bonds is 4.